The van der Waals surface area contributed by atoms with Crippen molar-refractivity contribution in [1.29, 1.82) is 0 Å². The molecule has 2 atom stereocenters. The number of hydrogen-bond donors (Lipinski definition) is 2. The maximum Gasteiger partial charge on any atom is 0.220 e. The van der Waals surface area contributed by atoms with Crippen LogP contribution in [0.1, 0.15) is 47.0 Å². The van der Waals surface area contributed by atoms with Gasteiger partial charge in [0.2, 0.25) is 5.91 Å². The normalized spacial score (nSPS) is 19.5. The Labute approximate surface area is 136 Å². The highest BCUT2D eigenvalue weighted by molar-refractivity contribution is 5.85. The third-order valence-electron chi connectivity index (χ3n) is 4.43. The molecule has 0 bridgehead atoms. The fourth-order valence-corrected chi connectivity index (χ4v) is 2.89. The third-order valence-corrected chi connectivity index (χ3v) is 4.43. The van der Waals surface area contributed by atoms with Crippen LogP contribution in [0.15, 0.2) is 0 Å². The van der Waals surface area contributed by atoms with Crippen LogP contribution in [0.4, 0.5) is 0 Å². The van der Waals surface area contributed by atoms with E-state index in [4.69, 9.17) is 4.74 Å². The molecule has 0 spiro atoms. The van der Waals surface area contributed by atoms with Gasteiger partial charge in [-0.25, -0.2) is 0 Å². The summed E-state index contributed by atoms with van der Waals surface area (Å²) in [6, 6.07) is 0. The van der Waals surface area contributed by atoms with Gasteiger partial charge in [0, 0.05) is 20.1 Å². The van der Waals surface area contributed by atoms with Crippen LogP contribution >= 0.6 is 12.4 Å². The molecular weight excluding hydrogens is 288 g/mol. The molecule has 5 heteroatoms. The smallest absolute Gasteiger partial charge is 0.220 e. The summed E-state index contributed by atoms with van der Waals surface area (Å²) in [5.74, 6) is 1.30. The van der Waals surface area contributed by atoms with Crippen molar-refractivity contribution in [2.45, 2.75) is 53.1 Å². The fourth-order valence-electron chi connectivity index (χ4n) is 2.89. The van der Waals surface area contributed by atoms with Crippen molar-refractivity contribution in [3.8, 4) is 0 Å². The summed E-state index contributed by atoms with van der Waals surface area (Å²) in [6.07, 6.45) is 3.07. The number of hydrogen-bond acceptors (Lipinski definition) is 3. The predicted octanol–water partition coefficient (Wildman–Crippen LogP) is 2.61. The lowest BCUT2D eigenvalue weighted by Crippen LogP contribution is -2.41. The van der Waals surface area contributed by atoms with Crippen molar-refractivity contribution in [3.05, 3.63) is 0 Å². The van der Waals surface area contributed by atoms with Crippen molar-refractivity contribution < 1.29 is 9.53 Å². The van der Waals surface area contributed by atoms with E-state index in [0.717, 1.165) is 13.1 Å². The molecule has 0 aromatic carbocycles. The molecule has 1 fully saturated rings. The molecule has 0 aromatic heterocycles. The monoisotopic (exact) mass is 320 g/mol. The zero-order valence-corrected chi connectivity index (χ0v) is 15.0. The van der Waals surface area contributed by atoms with Gasteiger partial charge in [-0.05, 0) is 43.2 Å². The molecular formula is C16H33ClN2O2. The molecule has 0 aromatic rings. The van der Waals surface area contributed by atoms with Gasteiger partial charge in [-0.15, -0.1) is 12.4 Å². The fraction of sp³-hybridized carbons (Fsp3) is 0.938. The Kier molecular flexibility index (Phi) is 9.50. The van der Waals surface area contributed by atoms with E-state index < -0.39 is 0 Å². The van der Waals surface area contributed by atoms with Crippen LogP contribution in [0.2, 0.25) is 0 Å². The van der Waals surface area contributed by atoms with Crippen LogP contribution in [0, 0.1) is 17.3 Å². The number of carbonyl (C=O) groups excluding carboxylic acids is 1. The molecule has 1 aliphatic heterocycles. The van der Waals surface area contributed by atoms with Gasteiger partial charge < -0.3 is 15.4 Å². The lowest BCUT2D eigenvalue weighted by molar-refractivity contribution is -0.123. The Bertz CT molecular complexity index is 299. The predicted molar refractivity (Wildman–Crippen MR) is 89.9 cm³/mol. The first kappa shape index (κ1) is 20.7. The van der Waals surface area contributed by atoms with Crippen LogP contribution in [-0.4, -0.2) is 38.8 Å². The molecule has 21 heavy (non-hydrogen) atoms. The SMILES string of the molecule is COC(CNC(=O)CC(C)C1CCNCC1)C(C)(C)C.Cl. The van der Waals surface area contributed by atoms with Gasteiger partial charge in [0.15, 0.2) is 0 Å². The van der Waals surface area contributed by atoms with Crippen LogP contribution in [-0.2, 0) is 9.53 Å². The van der Waals surface area contributed by atoms with Gasteiger partial charge in [-0.1, -0.05) is 27.7 Å². The second-order valence-electron chi connectivity index (χ2n) is 7.16. The van der Waals surface area contributed by atoms with E-state index in [-0.39, 0.29) is 29.8 Å². The largest absolute Gasteiger partial charge is 0.379 e. The first-order chi connectivity index (χ1) is 9.34. The number of ether oxygens (including phenoxy) is 1. The van der Waals surface area contributed by atoms with Crippen molar-refractivity contribution in [2.75, 3.05) is 26.7 Å². The molecule has 1 saturated heterocycles. The Morgan fingerprint density at radius 2 is 1.90 bits per heavy atom. The Hall–Kier alpha value is -0.320. The maximum absolute atomic E-state index is 12.1. The number of rotatable bonds is 6. The molecule has 0 saturated carbocycles. The Morgan fingerprint density at radius 3 is 2.38 bits per heavy atom. The summed E-state index contributed by atoms with van der Waals surface area (Å²) in [6.45, 7) is 11.4. The zero-order valence-electron chi connectivity index (χ0n) is 14.2. The first-order valence-corrected chi connectivity index (χ1v) is 7.84. The van der Waals surface area contributed by atoms with Crippen LogP contribution in [0.5, 0.6) is 0 Å². The van der Waals surface area contributed by atoms with Crippen molar-refractivity contribution in [3.63, 3.8) is 0 Å². The average Bonchev–Trinajstić information content (AvgIpc) is 2.38. The summed E-state index contributed by atoms with van der Waals surface area (Å²) in [5, 5.41) is 6.40. The second kappa shape index (κ2) is 9.65. The lowest BCUT2D eigenvalue weighted by Gasteiger charge is -2.30. The summed E-state index contributed by atoms with van der Waals surface area (Å²) >= 11 is 0. The number of piperidine rings is 1. The number of methoxy groups -OCH3 is 1. The maximum atomic E-state index is 12.1. The highest BCUT2D eigenvalue weighted by atomic mass is 35.5. The molecule has 1 rings (SSSR count). The van der Waals surface area contributed by atoms with Gasteiger partial charge >= 0.3 is 0 Å². The number of amides is 1. The molecule has 2 unspecified atom stereocenters. The van der Waals surface area contributed by atoms with Crippen molar-refractivity contribution >= 4 is 18.3 Å². The van der Waals surface area contributed by atoms with Crippen LogP contribution in [0.3, 0.4) is 0 Å². The summed E-state index contributed by atoms with van der Waals surface area (Å²) < 4.78 is 5.46. The summed E-state index contributed by atoms with van der Waals surface area (Å²) in [5.41, 5.74) is 0.0443. The Morgan fingerprint density at radius 1 is 1.33 bits per heavy atom. The minimum absolute atomic E-state index is 0. The Balaban J connectivity index is 0.00000400. The van der Waals surface area contributed by atoms with Crippen LogP contribution < -0.4 is 10.6 Å². The minimum atomic E-state index is 0. The van der Waals surface area contributed by atoms with E-state index in [1.54, 1.807) is 7.11 Å². The standard InChI is InChI=1S/C16H32N2O2.ClH/c1-12(13-6-8-17-9-7-13)10-15(19)18-11-14(20-5)16(2,3)4;/h12-14,17H,6-11H2,1-5H3,(H,18,19);1H. The molecule has 0 aliphatic carbocycles. The lowest BCUT2D eigenvalue weighted by atomic mass is 9.84. The van der Waals surface area contributed by atoms with Crippen LogP contribution in [0.25, 0.3) is 0 Å². The molecule has 1 amide bonds. The number of nitrogens with one attached hydrogen (secondary N) is 2. The highest BCUT2D eigenvalue weighted by Crippen LogP contribution is 2.24. The van der Waals surface area contributed by atoms with E-state index in [9.17, 15) is 4.79 Å². The van der Waals surface area contributed by atoms with Gasteiger partial charge in [-0.3, -0.25) is 4.79 Å². The van der Waals surface area contributed by atoms with E-state index >= 15 is 0 Å². The van der Waals surface area contributed by atoms with E-state index in [1.165, 1.54) is 12.8 Å². The van der Waals surface area contributed by atoms with Crippen molar-refractivity contribution in [2.24, 2.45) is 17.3 Å². The van der Waals surface area contributed by atoms with Gasteiger partial charge in [-0.2, -0.15) is 0 Å². The van der Waals surface area contributed by atoms with Crippen molar-refractivity contribution in [1.82, 2.24) is 10.6 Å². The minimum Gasteiger partial charge on any atom is -0.379 e. The summed E-state index contributed by atoms with van der Waals surface area (Å²) in [7, 11) is 1.71. The van der Waals surface area contributed by atoms with Gasteiger partial charge in [0.25, 0.3) is 0 Å². The molecule has 1 aliphatic rings. The molecule has 1 heterocycles. The highest BCUT2D eigenvalue weighted by Gasteiger charge is 2.26. The topological polar surface area (TPSA) is 50.4 Å². The number of carbonyl (C=O) groups is 1. The average molecular weight is 321 g/mol. The molecule has 4 nitrogen and oxygen atoms in total. The molecule has 126 valence electrons. The summed E-state index contributed by atoms with van der Waals surface area (Å²) in [4.78, 5) is 12.1. The number of halogens is 1. The molecule has 2 N–H and O–H groups in total. The quantitative estimate of drug-likeness (QED) is 0.791. The van der Waals surface area contributed by atoms with E-state index in [1.807, 2.05) is 0 Å². The third kappa shape index (κ3) is 7.48. The molecule has 0 radical (unpaired) electrons. The van der Waals surface area contributed by atoms with Gasteiger partial charge in [0.05, 0.1) is 6.10 Å². The van der Waals surface area contributed by atoms with E-state index in [2.05, 4.69) is 38.3 Å². The second-order valence-corrected chi connectivity index (χ2v) is 7.16. The first-order valence-electron chi connectivity index (χ1n) is 7.84. The zero-order chi connectivity index (χ0) is 15.2. The van der Waals surface area contributed by atoms with E-state index in [0.29, 0.717) is 24.8 Å². The van der Waals surface area contributed by atoms with Gasteiger partial charge in [0.1, 0.15) is 0 Å².